The van der Waals surface area contributed by atoms with E-state index in [0.29, 0.717) is 5.75 Å². The van der Waals surface area contributed by atoms with Crippen molar-refractivity contribution in [2.75, 3.05) is 0 Å². The van der Waals surface area contributed by atoms with Crippen LogP contribution in [0.25, 0.3) is 0 Å². The van der Waals surface area contributed by atoms with Gasteiger partial charge in [0.15, 0.2) is 0 Å². The number of hydrogen-bond acceptors (Lipinski definition) is 4. The second kappa shape index (κ2) is 4.65. The molecule has 0 amide bonds. The lowest BCUT2D eigenvalue weighted by Crippen LogP contribution is -2.35. The van der Waals surface area contributed by atoms with E-state index in [4.69, 9.17) is 9.47 Å². The van der Waals surface area contributed by atoms with Gasteiger partial charge in [0.05, 0.1) is 18.4 Å². The van der Waals surface area contributed by atoms with Crippen LogP contribution in [0, 0.1) is 0 Å². The van der Waals surface area contributed by atoms with Gasteiger partial charge in [-0.15, -0.1) is 0 Å². The molecule has 0 spiro atoms. The van der Waals surface area contributed by atoms with Crippen molar-refractivity contribution in [2.24, 2.45) is 0 Å². The summed E-state index contributed by atoms with van der Waals surface area (Å²) in [5.74, 6) is 0.523. The summed E-state index contributed by atoms with van der Waals surface area (Å²) in [6.07, 6.45) is 3.70. The number of aromatic nitrogens is 2. The summed E-state index contributed by atoms with van der Waals surface area (Å²) in [6.45, 7) is 4.06. The van der Waals surface area contributed by atoms with Crippen LogP contribution in [0.1, 0.15) is 26.7 Å². The van der Waals surface area contributed by atoms with Gasteiger partial charge < -0.3 is 9.47 Å². The molecule has 1 aliphatic heterocycles. The molecule has 0 aliphatic carbocycles. The summed E-state index contributed by atoms with van der Waals surface area (Å²) >= 11 is 0. The molecule has 0 aromatic carbocycles. The lowest BCUT2D eigenvalue weighted by atomic mass is 10.0. The highest BCUT2D eigenvalue weighted by atomic mass is 16.5. The van der Waals surface area contributed by atoms with Crippen LogP contribution in [0.2, 0.25) is 0 Å². The average Bonchev–Trinajstić information content (AvgIpc) is 2.15. The molecule has 16 heavy (non-hydrogen) atoms. The maximum absolute atomic E-state index is 11.0. The molecule has 88 valence electrons. The predicted octanol–water partition coefficient (Wildman–Crippen LogP) is 1.10. The summed E-state index contributed by atoms with van der Waals surface area (Å²) in [5.41, 5.74) is -0.245. The molecule has 1 N–H and O–H groups in total. The topological polar surface area (TPSA) is 64.2 Å². The van der Waals surface area contributed by atoms with Crippen molar-refractivity contribution in [3.8, 4) is 5.75 Å². The van der Waals surface area contributed by atoms with E-state index in [1.165, 1.54) is 12.3 Å². The van der Waals surface area contributed by atoms with E-state index in [1.54, 1.807) is 0 Å². The van der Waals surface area contributed by atoms with E-state index in [9.17, 15) is 4.79 Å². The van der Waals surface area contributed by atoms with Crippen molar-refractivity contribution in [3.63, 3.8) is 0 Å². The van der Waals surface area contributed by atoms with E-state index < -0.39 is 0 Å². The number of nitrogens with zero attached hydrogens (tertiary/aromatic N) is 1. The molecule has 1 aromatic heterocycles. The molecule has 2 rings (SSSR count). The first-order valence-corrected chi connectivity index (χ1v) is 5.50. The van der Waals surface area contributed by atoms with Crippen LogP contribution in [0.4, 0.5) is 0 Å². The SMILES string of the molecule is CC1CC(Oc2cn[nH]c(=O)c2)CC(C)O1. The number of aromatic amines is 1. The molecule has 5 heteroatoms. The van der Waals surface area contributed by atoms with E-state index in [1.807, 2.05) is 13.8 Å². The molecular weight excluding hydrogens is 208 g/mol. The minimum atomic E-state index is -0.245. The summed E-state index contributed by atoms with van der Waals surface area (Å²) in [6, 6.07) is 1.41. The van der Waals surface area contributed by atoms with Gasteiger partial charge >= 0.3 is 0 Å². The third-order valence-corrected chi connectivity index (χ3v) is 2.60. The predicted molar refractivity (Wildman–Crippen MR) is 58.5 cm³/mol. The highest BCUT2D eigenvalue weighted by Crippen LogP contribution is 2.22. The molecule has 2 atom stereocenters. The Morgan fingerprint density at radius 2 is 2.12 bits per heavy atom. The quantitative estimate of drug-likeness (QED) is 0.817. The molecule has 1 fully saturated rings. The normalized spacial score (nSPS) is 30.0. The van der Waals surface area contributed by atoms with Crippen LogP contribution in [-0.2, 0) is 4.74 Å². The Bertz CT molecular complexity index is 394. The smallest absolute Gasteiger partial charge is 0.267 e. The number of rotatable bonds is 2. The molecule has 2 unspecified atom stereocenters. The fourth-order valence-corrected chi connectivity index (χ4v) is 2.06. The second-order valence-electron chi connectivity index (χ2n) is 4.25. The Hall–Kier alpha value is -1.36. The highest BCUT2D eigenvalue weighted by molar-refractivity contribution is 5.13. The van der Waals surface area contributed by atoms with Gasteiger partial charge in [-0.3, -0.25) is 4.79 Å². The molecule has 1 aromatic rings. The minimum absolute atomic E-state index is 0.0994. The van der Waals surface area contributed by atoms with E-state index in [2.05, 4.69) is 10.2 Å². The highest BCUT2D eigenvalue weighted by Gasteiger charge is 2.25. The van der Waals surface area contributed by atoms with Crippen LogP contribution in [0.5, 0.6) is 5.75 Å². The zero-order valence-corrected chi connectivity index (χ0v) is 9.47. The molecular formula is C11H16N2O3. The van der Waals surface area contributed by atoms with Gasteiger partial charge in [-0.2, -0.15) is 5.10 Å². The zero-order chi connectivity index (χ0) is 11.5. The molecule has 2 heterocycles. The summed E-state index contributed by atoms with van der Waals surface area (Å²) < 4.78 is 11.3. The van der Waals surface area contributed by atoms with Gasteiger partial charge in [0, 0.05) is 18.9 Å². The maximum Gasteiger partial charge on any atom is 0.267 e. The number of hydrogen-bond donors (Lipinski definition) is 1. The van der Waals surface area contributed by atoms with Crippen molar-refractivity contribution >= 4 is 0 Å². The van der Waals surface area contributed by atoms with Crippen molar-refractivity contribution in [1.82, 2.24) is 10.2 Å². The molecule has 0 bridgehead atoms. The molecule has 1 aliphatic rings. The van der Waals surface area contributed by atoms with Gasteiger partial charge in [-0.1, -0.05) is 0 Å². The van der Waals surface area contributed by atoms with Crippen molar-refractivity contribution in [2.45, 2.75) is 45.0 Å². The van der Waals surface area contributed by atoms with Crippen LogP contribution in [-0.4, -0.2) is 28.5 Å². The van der Waals surface area contributed by atoms with Crippen molar-refractivity contribution < 1.29 is 9.47 Å². The van der Waals surface area contributed by atoms with Crippen molar-refractivity contribution in [1.29, 1.82) is 0 Å². The Labute approximate surface area is 93.8 Å². The average molecular weight is 224 g/mol. The fraction of sp³-hybridized carbons (Fsp3) is 0.636. The summed E-state index contributed by atoms with van der Waals surface area (Å²) in [4.78, 5) is 11.0. The van der Waals surface area contributed by atoms with Crippen LogP contribution >= 0.6 is 0 Å². The van der Waals surface area contributed by atoms with Crippen LogP contribution < -0.4 is 10.3 Å². The van der Waals surface area contributed by atoms with E-state index in [0.717, 1.165) is 12.8 Å². The van der Waals surface area contributed by atoms with E-state index >= 15 is 0 Å². The third-order valence-electron chi connectivity index (χ3n) is 2.60. The summed E-state index contributed by atoms with van der Waals surface area (Å²) in [7, 11) is 0. The first-order valence-electron chi connectivity index (χ1n) is 5.50. The standard InChI is InChI=1S/C11H16N2O3/c1-7-3-9(4-8(2)15-7)16-10-5-11(14)13-12-6-10/h5-9H,3-4H2,1-2H3,(H,13,14). The number of nitrogens with one attached hydrogen (secondary N) is 1. The Kier molecular flexibility index (Phi) is 3.24. The molecule has 1 saturated heterocycles. The second-order valence-corrected chi connectivity index (χ2v) is 4.25. The minimum Gasteiger partial charge on any atom is -0.488 e. The van der Waals surface area contributed by atoms with Crippen LogP contribution in [0.15, 0.2) is 17.1 Å². The van der Waals surface area contributed by atoms with Gasteiger partial charge in [0.1, 0.15) is 11.9 Å². The fourth-order valence-electron chi connectivity index (χ4n) is 2.06. The number of ether oxygens (including phenoxy) is 2. The van der Waals surface area contributed by atoms with Gasteiger partial charge in [-0.05, 0) is 13.8 Å². The van der Waals surface area contributed by atoms with Gasteiger partial charge in [-0.25, -0.2) is 5.10 Å². The first-order chi connectivity index (χ1) is 7.63. The zero-order valence-electron chi connectivity index (χ0n) is 9.47. The molecule has 5 nitrogen and oxygen atoms in total. The van der Waals surface area contributed by atoms with Crippen LogP contribution in [0.3, 0.4) is 0 Å². The van der Waals surface area contributed by atoms with E-state index in [-0.39, 0.29) is 23.9 Å². The first kappa shape index (κ1) is 11.1. The lowest BCUT2D eigenvalue weighted by Gasteiger charge is -2.32. The maximum atomic E-state index is 11.0. The molecule has 0 radical (unpaired) electrons. The monoisotopic (exact) mass is 224 g/mol. The van der Waals surface area contributed by atoms with Gasteiger partial charge in [0.2, 0.25) is 0 Å². The molecule has 0 saturated carbocycles. The Morgan fingerprint density at radius 1 is 1.44 bits per heavy atom. The van der Waals surface area contributed by atoms with Crippen molar-refractivity contribution in [3.05, 3.63) is 22.6 Å². The Morgan fingerprint density at radius 3 is 2.75 bits per heavy atom. The largest absolute Gasteiger partial charge is 0.488 e. The number of H-pyrrole nitrogens is 1. The summed E-state index contributed by atoms with van der Waals surface area (Å²) in [5, 5.41) is 6.01. The lowest BCUT2D eigenvalue weighted by molar-refractivity contribution is -0.0722. The van der Waals surface area contributed by atoms with Gasteiger partial charge in [0.25, 0.3) is 5.56 Å². The third kappa shape index (κ3) is 2.82. The Balaban J connectivity index is 2.01.